The van der Waals surface area contributed by atoms with Crippen LogP contribution in [0, 0.1) is 6.92 Å². The van der Waals surface area contributed by atoms with E-state index in [1.54, 1.807) is 0 Å². The van der Waals surface area contributed by atoms with E-state index in [-0.39, 0.29) is 18.6 Å². The third-order valence-electron chi connectivity index (χ3n) is 4.23. The Morgan fingerprint density at radius 3 is 2.71 bits per heavy atom. The molecule has 1 aromatic carbocycles. The number of piperidine rings is 1. The molecule has 0 atom stereocenters. The van der Waals surface area contributed by atoms with E-state index >= 15 is 0 Å². The van der Waals surface area contributed by atoms with Crippen LogP contribution in [0.2, 0.25) is 0 Å². The molecule has 1 heterocycles. The number of aliphatic hydroxyl groups is 1. The second-order valence-electron chi connectivity index (χ2n) is 5.67. The summed E-state index contributed by atoms with van der Waals surface area (Å²) >= 11 is 3.48. The summed E-state index contributed by atoms with van der Waals surface area (Å²) in [5.41, 5.74) is 1.68. The normalized spacial score (nSPS) is 17.0. The van der Waals surface area contributed by atoms with Gasteiger partial charge in [0.2, 0.25) is 0 Å². The molecule has 0 unspecified atom stereocenters. The van der Waals surface area contributed by atoms with Crippen LogP contribution >= 0.6 is 15.9 Å². The minimum absolute atomic E-state index is 0.00509. The van der Waals surface area contributed by atoms with Crippen LogP contribution in [0.4, 0.5) is 0 Å². The van der Waals surface area contributed by atoms with Crippen molar-refractivity contribution >= 4 is 21.8 Å². The maximum atomic E-state index is 12.9. The zero-order chi connectivity index (χ0) is 15.4. The molecule has 5 heteroatoms. The first-order valence-corrected chi connectivity index (χ1v) is 8.19. The quantitative estimate of drug-likeness (QED) is 0.901. The van der Waals surface area contributed by atoms with E-state index in [1.165, 1.54) is 0 Å². The van der Waals surface area contributed by atoms with E-state index in [9.17, 15) is 9.90 Å². The van der Waals surface area contributed by atoms with Gasteiger partial charge in [-0.2, -0.15) is 0 Å². The van der Waals surface area contributed by atoms with E-state index in [2.05, 4.69) is 27.9 Å². The van der Waals surface area contributed by atoms with Crippen molar-refractivity contribution in [3.8, 4) is 0 Å². The summed E-state index contributed by atoms with van der Waals surface area (Å²) in [5, 5.41) is 9.33. The predicted molar refractivity (Wildman–Crippen MR) is 87.5 cm³/mol. The second kappa shape index (κ2) is 7.38. The van der Waals surface area contributed by atoms with Gasteiger partial charge in [-0.15, -0.1) is 0 Å². The summed E-state index contributed by atoms with van der Waals surface area (Å²) in [5.74, 6) is 0.0254. The highest BCUT2D eigenvalue weighted by Gasteiger charge is 2.28. The van der Waals surface area contributed by atoms with Crippen LogP contribution in [0.3, 0.4) is 0 Å². The SMILES string of the molecule is Cc1c(Br)cccc1C(=O)N(CCO)C1CCN(C)CC1. The molecule has 0 radical (unpaired) electrons. The number of halogens is 1. The zero-order valence-electron chi connectivity index (χ0n) is 12.7. The number of hydrogen-bond donors (Lipinski definition) is 1. The van der Waals surface area contributed by atoms with Crippen molar-refractivity contribution in [3.05, 3.63) is 33.8 Å². The lowest BCUT2D eigenvalue weighted by atomic mass is 10.0. The lowest BCUT2D eigenvalue weighted by Crippen LogP contribution is -2.47. The Hall–Kier alpha value is -0.910. The Morgan fingerprint density at radius 2 is 2.10 bits per heavy atom. The molecule has 116 valence electrons. The molecule has 1 amide bonds. The van der Waals surface area contributed by atoms with Gasteiger partial charge in [-0.05, 0) is 57.6 Å². The minimum atomic E-state index is 0.00509. The summed E-state index contributed by atoms with van der Waals surface area (Å²) in [7, 11) is 2.10. The first kappa shape index (κ1) is 16.5. The smallest absolute Gasteiger partial charge is 0.254 e. The van der Waals surface area contributed by atoms with Crippen molar-refractivity contribution in [3.63, 3.8) is 0 Å². The first-order valence-electron chi connectivity index (χ1n) is 7.40. The Labute approximate surface area is 134 Å². The number of carbonyl (C=O) groups is 1. The van der Waals surface area contributed by atoms with Gasteiger partial charge in [0.15, 0.2) is 0 Å². The van der Waals surface area contributed by atoms with Gasteiger partial charge in [0.25, 0.3) is 5.91 Å². The third kappa shape index (κ3) is 3.84. The number of benzene rings is 1. The molecule has 0 bridgehead atoms. The molecule has 1 N–H and O–H groups in total. The van der Waals surface area contributed by atoms with Gasteiger partial charge in [-0.25, -0.2) is 0 Å². The van der Waals surface area contributed by atoms with Gasteiger partial charge < -0.3 is 14.9 Å². The summed E-state index contributed by atoms with van der Waals surface area (Å²) < 4.78 is 0.945. The van der Waals surface area contributed by atoms with Crippen molar-refractivity contribution in [2.24, 2.45) is 0 Å². The molecule has 1 aromatic rings. The van der Waals surface area contributed by atoms with Crippen molar-refractivity contribution in [1.29, 1.82) is 0 Å². The fraction of sp³-hybridized carbons (Fsp3) is 0.562. The summed E-state index contributed by atoms with van der Waals surface area (Å²) in [4.78, 5) is 17.0. The number of nitrogens with zero attached hydrogens (tertiary/aromatic N) is 2. The lowest BCUT2D eigenvalue weighted by Gasteiger charge is -2.37. The summed E-state index contributed by atoms with van der Waals surface area (Å²) in [6.07, 6.45) is 1.94. The number of amides is 1. The molecule has 0 saturated carbocycles. The van der Waals surface area contributed by atoms with Gasteiger partial charge in [0, 0.05) is 22.6 Å². The molecule has 1 aliphatic heterocycles. The van der Waals surface area contributed by atoms with Crippen molar-refractivity contribution in [1.82, 2.24) is 9.80 Å². The first-order chi connectivity index (χ1) is 10.0. The average Bonchev–Trinajstić information content (AvgIpc) is 2.48. The molecule has 0 aromatic heterocycles. The molecule has 1 saturated heterocycles. The van der Waals surface area contributed by atoms with Crippen LogP contribution in [0.25, 0.3) is 0 Å². The van der Waals surface area contributed by atoms with Gasteiger partial charge >= 0.3 is 0 Å². The number of likely N-dealkylation sites (tertiary alicyclic amines) is 1. The number of aliphatic hydroxyl groups excluding tert-OH is 1. The van der Waals surface area contributed by atoms with Crippen LogP contribution in [-0.4, -0.2) is 60.1 Å². The van der Waals surface area contributed by atoms with Gasteiger partial charge in [-0.1, -0.05) is 22.0 Å². The highest BCUT2D eigenvalue weighted by molar-refractivity contribution is 9.10. The van der Waals surface area contributed by atoms with E-state index < -0.39 is 0 Å². The Bertz CT molecular complexity index is 499. The fourth-order valence-electron chi connectivity index (χ4n) is 2.86. The Kier molecular flexibility index (Phi) is 5.79. The van der Waals surface area contributed by atoms with E-state index in [1.807, 2.05) is 30.0 Å². The van der Waals surface area contributed by atoms with E-state index in [4.69, 9.17) is 0 Å². The average molecular weight is 355 g/mol. The molecule has 2 rings (SSSR count). The Balaban J connectivity index is 2.21. The molecular formula is C16H23BrN2O2. The standard InChI is InChI=1S/C16H23BrN2O2/c1-12-14(4-3-5-15(12)17)16(21)19(10-11-20)13-6-8-18(2)9-7-13/h3-5,13,20H,6-11H2,1-2H3. The summed E-state index contributed by atoms with van der Waals surface area (Å²) in [6, 6.07) is 5.91. The highest BCUT2D eigenvalue weighted by atomic mass is 79.9. The molecular weight excluding hydrogens is 332 g/mol. The molecule has 0 aliphatic carbocycles. The minimum Gasteiger partial charge on any atom is -0.395 e. The number of carbonyl (C=O) groups excluding carboxylic acids is 1. The van der Waals surface area contributed by atoms with Crippen molar-refractivity contribution < 1.29 is 9.90 Å². The van der Waals surface area contributed by atoms with E-state index in [0.29, 0.717) is 6.54 Å². The predicted octanol–water partition coefficient (Wildman–Crippen LogP) is 2.29. The number of rotatable bonds is 4. The lowest BCUT2D eigenvalue weighted by molar-refractivity contribution is 0.0539. The van der Waals surface area contributed by atoms with Gasteiger partial charge in [-0.3, -0.25) is 4.79 Å². The fourth-order valence-corrected chi connectivity index (χ4v) is 3.22. The van der Waals surface area contributed by atoms with Crippen LogP contribution in [0.5, 0.6) is 0 Å². The highest BCUT2D eigenvalue weighted by Crippen LogP contribution is 2.23. The largest absolute Gasteiger partial charge is 0.395 e. The zero-order valence-corrected chi connectivity index (χ0v) is 14.3. The molecule has 1 aliphatic rings. The molecule has 1 fully saturated rings. The monoisotopic (exact) mass is 354 g/mol. The number of hydrogen-bond acceptors (Lipinski definition) is 3. The van der Waals surface area contributed by atoms with Crippen LogP contribution in [-0.2, 0) is 0 Å². The van der Waals surface area contributed by atoms with Crippen molar-refractivity contribution in [2.75, 3.05) is 33.3 Å². The van der Waals surface area contributed by atoms with E-state index in [0.717, 1.165) is 41.5 Å². The van der Waals surface area contributed by atoms with Crippen LogP contribution in [0.15, 0.2) is 22.7 Å². The topological polar surface area (TPSA) is 43.8 Å². The molecule has 0 spiro atoms. The van der Waals surface area contributed by atoms with Crippen LogP contribution in [0.1, 0.15) is 28.8 Å². The summed E-state index contributed by atoms with van der Waals surface area (Å²) in [6.45, 7) is 4.35. The van der Waals surface area contributed by atoms with Gasteiger partial charge in [0.05, 0.1) is 6.61 Å². The maximum absolute atomic E-state index is 12.9. The maximum Gasteiger partial charge on any atom is 0.254 e. The van der Waals surface area contributed by atoms with Crippen LogP contribution < -0.4 is 0 Å². The second-order valence-corrected chi connectivity index (χ2v) is 6.52. The van der Waals surface area contributed by atoms with Crippen molar-refractivity contribution in [2.45, 2.75) is 25.8 Å². The molecule has 21 heavy (non-hydrogen) atoms. The Morgan fingerprint density at radius 1 is 1.43 bits per heavy atom. The third-order valence-corrected chi connectivity index (χ3v) is 5.09. The van der Waals surface area contributed by atoms with Gasteiger partial charge in [0.1, 0.15) is 0 Å². The molecule has 4 nitrogen and oxygen atoms in total.